The minimum absolute atomic E-state index is 0.108. The summed E-state index contributed by atoms with van der Waals surface area (Å²) in [6, 6.07) is 12.1. The molecule has 1 aromatic carbocycles. The fourth-order valence-corrected chi connectivity index (χ4v) is 2.02. The number of aromatic nitrogens is 1. The number of carbonyl (C=O) groups excluding carboxylic acids is 1. The minimum Gasteiger partial charge on any atom is -0.348 e. The van der Waals surface area contributed by atoms with E-state index >= 15 is 0 Å². The summed E-state index contributed by atoms with van der Waals surface area (Å²) in [6.07, 6.45) is 6.84. The third-order valence-electron chi connectivity index (χ3n) is 3.39. The first-order chi connectivity index (χ1) is 10.4. The van der Waals surface area contributed by atoms with E-state index in [1.54, 1.807) is 18.5 Å². The lowest BCUT2D eigenvalue weighted by Crippen LogP contribution is -2.20. The number of nitrogens with one attached hydrogen (secondary N) is 1. The number of pyridine rings is 1. The zero-order valence-corrected chi connectivity index (χ0v) is 13.3. The van der Waals surface area contributed by atoms with E-state index in [2.05, 4.69) is 43.2 Å². The molecule has 0 saturated carbocycles. The summed E-state index contributed by atoms with van der Waals surface area (Å²) in [5, 5.41) is 2.84. The number of hydrogen-bond acceptors (Lipinski definition) is 2. The van der Waals surface area contributed by atoms with Crippen LogP contribution in [0.25, 0.3) is 6.08 Å². The highest BCUT2D eigenvalue weighted by atomic mass is 16.1. The molecule has 1 heterocycles. The Morgan fingerprint density at radius 3 is 2.50 bits per heavy atom. The Morgan fingerprint density at radius 1 is 1.18 bits per heavy atom. The van der Waals surface area contributed by atoms with Gasteiger partial charge in [-0.3, -0.25) is 9.78 Å². The molecule has 0 spiro atoms. The van der Waals surface area contributed by atoms with Crippen LogP contribution in [0.1, 0.15) is 37.5 Å². The van der Waals surface area contributed by atoms with Crippen LogP contribution >= 0.6 is 0 Å². The molecule has 0 aliphatic rings. The SMILES string of the molecule is CC(C)(C)c1ccc(C=CC(=O)NCc2cccnc2)cc1. The van der Waals surface area contributed by atoms with Crippen molar-refractivity contribution in [2.75, 3.05) is 0 Å². The quantitative estimate of drug-likeness (QED) is 0.873. The molecule has 0 aliphatic carbocycles. The summed E-state index contributed by atoms with van der Waals surface area (Å²) in [4.78, 5) is 15.8. The van der Waals surface area contributed by atoms with Gasteiger partial charge in [-0.15, -0.1) is 0 Å². The van der Waals surface area contributed by atoms with Crippen molar-refractivity contribution in [3.05, 3.63) is 71.6 Å². The number of nitrogens with zero attached hydrogens (tertiary/aromatic N) is 1. The van der Waals surface area contributed by atoms with Crippen molar-refractivity contribution in [1.82, 2.24) is 10.3 Å². The van der Waals surface area contributed by atoms with Crippen molar-refractivity contribution in [2.45, 2.75) is 32.7 Å². The van der Waals surface area contributed by atoms with Gasteiger partial charge in [0, 0.05) is 25.0 Å². The molecule has 0 radical (unpaired) electrons. The van der Waals surface area contributed by atoms with Crippen LogP contribution in [0.2, 0.25) is 0 Å². The van der Waals surface area contributed by atoms with Gasteiger partial charge in [-0.1, -0.05) is 51.1 Å². The van der Waals surface area contributed by atoms with Gasteiger partial charge in [-0.2, -0.15) is 0 Å². The molecule has 0 aliphatic heterocycles. The van der Waals surface area contributed by atoms with E-state index in [9.17, 15) is 4.79 Å². The maximum absolute atomic E-state index is 11.8. The fraction of sp³-hybridized carbons (Fsp3) is 0.263. The first-order valence-corrected chi connectivity index (χ1v) is 7.40. The summed E-state index contributed by atoms with van der Waals surface area (Å²) in [7, 11) is 0. The van der Waals surface area contributed by atoms with Crippen molar-refractivity contribution in [2.24, 2.45) is 0 Å². The largest absolute Gasteiger partial charge is 0.348 e. The molecule has 1 aromatic heterocycles. The lowest BCUT2D eigenvalue weighted by Gasteiger charge is -2.18. The molecule has 3 nitrogen and oxygen atoms in total. The third kappa shape index (κ3) is 4.85. The third-order valence-corrected chi connectivity index (χ3v) is 3.39. The van der Waals surface area contributed by atoms with Gasteiger partial charge in [-0.25, -0.2) is 0 Å². The highest BCUT2D eigenvalue weighted by Crippen LogP contribution is 2.22. The second-order valence-corrected chi connectivity index (χ2v) is 6.28. The predicted molar refractivity (Wildman–Crippen MR) is 90.3 cm³/mol. The van der Waals surface area contributed by atoms with Crippen molar-refractivity contribution in [1.29, 1.82) is 0 Å². The maximum Gasteiger partial charge on any atom is 0.244 e. The zero-order valence-electron chi connectivity index (χ0n) is 13.3. The average Bonchev–Trinajstić information content (AvgIpc) is 2.51. The van der Waals surface area contributed by atoms with Gasteiger partial charge in [0.1, 0.15) is 0 Å². The first kappa shape index (κ1) is 16.0. The highest BCUT2D eigenvalue weighted by Gasteiger charge is 2.12. The van der Waals surface area contributed by atoms with E-state index < -0.39 is 0 Å². The number of rotatable bonds is 4. The first-order valence-electron chi connectivity index (χ1n) is 7.40. The van der Waals surface area contributed by atoms with E-state index in [0.717, 1.165) is 11.1 Å². The lowest BCUT2D eigenvalue weighted by molar-refractivity contribution is -0.116. The molecule has 1 amide bonds. The molecule has 22 heavy (non-hydrogen) atoms. The van der Waals surface area contributed by atoms with Gasteiger partial charge >= 0.3 is 0 Å². The molecule has 1 N–H and O–H groups in total. The van der Waals surface area contributed by atoms with Crippen LogP contribution in [0, 0.1) is 0 Å². The molecule has 0 fully saturated rings. The van der Waals surface area contributed by atoms with Crippen LogP contribution in [0.15, 0.2) is 54.9 Å². The Balaban J connectivity index is 1.90. The Labute approximate surface area is 132 Å². The number of amides is 1. The van der Waals surface area contributed by atoms with Crippen molar-refractivity contribution in [3.63, 3.8) is 0 Å². The molecular weight excluding hydrogens is 272 g/mol. The monoisotopic (exact) mass is 294 g/mol. The van der Waals surface area contributed by atoms with Gasteiger partial charge < -0.3 is 5.32 Å². The Hall–Kier alpha value is -2.42. The second-order valence-electron chi connectivity index (χ2n) is 6.28. The Morgan fingerprint density at radius 2 is 1.91 bits per heavy atom. The van der Waals surface area contributed by atoms with Crippen molar-refractivity contribution in [3.8, 4) is 0 Å². The molecule has 0 saturated heterocycles. The fourth-order valence-electron chi connectivity index (χ4n) is 2.02. The standard InChI is InChI=1S/C19H22N2O/c1-19(2,3)17-9-6-15(7-10-17)8-11-18(22)21-14-16-5-4-12-20-13-16/h4-13H,14H2,1-3H3,(H,21,22). The molecule has 3 heteroatoms. The minimum atomic E-state index is -0.108. The van der Waals surface area contributed by atoms with Gasteiger partial charge in [0.05, 0.1) is 0 Å². The van der Waals surface area contributed by atoms with Gasteiger partial charge in [0.2, 0.25) is 5.91 Å². The van der Waals surface area contributed by atoms with Gasteiger partial charge in [-0.05, 0) is 34.2 Å². The molecule has 114 valence electrons. The topological polar surface area (TPSA) is 42.0 Å². The van der Waals surface area contributed by atoms with Crippen LogP contribution in [0.4, 0.5) is 0 Å². The van der Waals surface area contributed by atoms with E-state index in [4.69, 9.17) is 0 Å². The molecule has 2 aromatic rings. The van der Waals surface area contributed by atoms with Crippen LogP contribution in [0.5, 0.6) is 0 Å². The maximum atomic E-state index is 11.8. The van der Waals surface area contributed by atoms with E-state index in [1.165, 1.54) is 5.56 Å². The van der Waals surface area contributed by atoms with Crippen LogP contribution in [-0.2, 0) is 16.8 Å². The number of carbonyl (C=O) groups is 1. The lowest BCUT2D eigenvalue weighted by atomic mass is 9.87. The number of hydrogen-bond donors (Lipinski definition) is 1. The van der Waals surface area contributed by atoms with Crippen LogP contribution in [-0.4, -0.2) is 10.9 Å². The average molecular weight is 294 g/mol. The second kappa shape index (κ2) is 7.03. The summed E-state index contributed by atoms with van der Waals surface area (Å²) < 4.78 is 0. The normalized spacial score (nSPS) is 11.6. The van der Waals surface area contributed by atoms with Crippen LogP contribution < -0.4 is 5.32 Å². The molecule has 2 rings (SSSR count). The smallest absolute Gasteiger partial charge is 0.244 e. The number of benzene rings is 1. The van der Waals surface area contributed by atoms with E-state index in [0.29, 0.717) is 6.54 Å². The van der Waals surface area contributed by atoms with Crippen LogP contribution in [0.3, 0.4) is 0 Å². The molecule has 0 bridgehead atoms. The predicted octanol–water partition coefficient (Wildman–Crippen LogP) is 3.71. The van der Waals surface area contributed by atoms with Crippen molar-refractivity contribution >= 4 is 12.0 Å². The van der Waals surface area contributed by atoms with Gasteiger partial charge in [0.15, 0.2) is 0 Å². The van der Waals surface area contributed by atoms with E-state index in [-0.39, 0.29) is 11.3 Å². The highest BCUT2D eigenvalue weighted by molar-refractivity contribution is 5.91. The zero-order chi connectivity index (χ0) is 16.0. The molecular formula is C19H22N2O. The summed E-state index contributed by atoms with van der Waals surface area (Å²) in [5.41, 5.74) is 3.43. The molecule has 0 unspecified atom stereocenters. The van der Waals surface area contributed by atoms with Crippen molar-refractivity contribution < 1.29 is 4.79 Å². The molecule has 0 atom stereocenters. The summed E-state index contributed by atoms with van der Waals surface area (Å²) in [6.45, 7) is 7.04. The Bertz CT molecular complexity index is 637. The van der Waals surface area contributed by atoms with Gasteiger partial charge in [0.25, 0.3) is 0 Å². The Kier molecular flexibility index (Phi) is 5.10. The summed E-state index contributed by atoms with van der Waals surface area (Å²) in [5.74, 6) is -0.108. The van der Waals surface area contributed by atoms with E-state index in [1.807, 2.05) is 30.3 Å². The summed E-state index contributed by atoms with van der Waals surface area (Å²) >= 11 is 0.